The number of amides is 1. The molecule has 1 aromatic rings. The van der Waals surface area contributed by atoms with Crippen molar-refractivity contribution < 1.29 is 14.3 Å². The lowest BCUT2D eigenvalue weighted by molar-refractivity contribution is -0.145. The molecule has 2 atom stereocenters. The van der Waals surface area contributed by atoms with Gasteiger partial charge in [-0.05, 0) is 42.9 Å². The van der Waals surface area contributed by atoms with Gasteiger partial charge in [-0.2, -0.15) is 0 Å². The van der Waals surface area contributed by atoms with E-state index in [4.69, 9.17) is 9.47 Å². The topological polar surface area (TPSA) is 50.8 Å². The van der Waals surface area contributed by atoms with Crippen LogP contribution in [0.4, 0.5) is 5.69 Å². The summed E-state index contributed by atoms with van der Waals surface area (Å²) in [6.07, 6.45) is 3.14. The number of ether oxygens (including phenoxy) is 2. The van der Waals surface area contributed by atoms with E-state index in [1.165, 1.54) is 5.56 Å². The number of carbonyl (C=O) groups is 1. The van der Waals surface area contributed by atoms with Crippen LogP contribution in [-0.2, 0) is 14.3 Å². The summed E-state index contributed by atoms with van der Waals surface area (Å²) >= 11 is 0. The van der Waals surface area contributed by atoms with Crippen molar-refractivity contribution in [1.82, 2.24) is 4.90 Å². The van der Waals surface area contributed by atoms with E-state index in [1.54, 1.807) is 7.11 Å². The summed E-state index contributed by atoms with van der Waals surface area (Å²) in [5, 5.41) is 3.00. The molecule has 2 heterocycles. The van der Waals surface area contributed by atoms with Gasteiger partial charge in [0.05, 0.1) is 18.2 Å². The van der Waals surface area contributed by atoms with Crippen molar-refractivity contribution in [2.24, 2.45) is 0 Å². The number of benzene rings is 1. The van der Waals surface area contributed by atoms with Gasteiger partial charge in [-0.1, -0.05) is 26.0 Å². The van der Waals surface area contributed by atoms with Gasteiger partial charge < -0.3 is 14.8 Å². The van der Waals surface area contributed by atoms with Crippen molar-refractivity contribution in [3.63, 3.8) is 0 Å². The largest absolute Gasteiger partial charge is 0.377 e. The van der Waals surface area contributed by atoms with E-state index < -0.39 is 0 Å². The van der Waals surface area contributed by atoms with Gasteiger partial charge >= 0.3 is 0 Å². The SMILES string of the molecule is CO[C@@H]1CN(CC(=O)Nc2ccc(C(C)C)cc2)CC[C@@]12CCCO2. The summed E-state index contributed by atoms with van der Waals surface area (Å²) in [4.78, 5) is 14.5. The highest BCUT2D eigenvalue weighted by molar-refractivity contribution is 5.92. The van der Waals surface area contributed by atoms with Crippen molar-refractivity contribution in [3.05, 3.63) is 29.8 Å². The van der Waals surface area contributed by atoms with E-state index in [0.717, 1.165) is 44.6 Å². The molecule has 0 aliphatic carbocycles. The van der Waals surface area contributed by atoms with Gasteiger partial charge in [0.25, 0.3) is 0 Å². The summed E-state index contributed by atoms with van der Waals surface area (Å²) in [7, 11) is 1.74. The molecule has 0 bridgehead atoms. The highest BCUT2D eigenvalue weighted by Crippen LogP contribution is 2.37. The van der Waals surface area contributed by atoms with Crippen LogP contribution in [0.5, 0.6) is 0 Å². The average Bonchev–Trinajstić information content (AvgIpc) is 3.06. The summed E-state index contributed by atoms with van der Waals surface area (Å²) in [5.41, 5.74) is 2.00. The van der Waals surface area contributed by atoms with Crippen LogP contribution in [0.1, 0.15) is 44.6 Å². The lowest BCUT2D eigenvalue weighted by Crippen LogP contribution is -2.57. The zero-order valence-electron chi connectivity index (χ0n) is 15.6. The second kappa shape index (κ2) is 7.85. The minimum Gasteiger partial charge on any atom is -0.377 e. The van der Waals surface area contributed by atoms with Gasteiger partial charge in [0, 0.05) is 32.5 Å². The fourth-order valence-corrected chi connectivity index (χ4v) is 3.96. The Kier molecular flexibility index (Phi) is 5.77. The Labute approximate surface area is 150 Å². The molecule has 0 saturated carbocycles. The Bertz CT molecular complexity index is 579. The lowest BCUT2D eigenvalue weighted by atomic mass is 9.86. The first-order chi connectivity index (χ1) is 12.0. The highest BCUT2D eigenvalue weighted by Gasteiger charge is 2.46. The second-order valence-corrected chi connectivity index (χ2v) is 7.55. The molecule has 138 valence electrons. The van der Waals surface area contributed by atoms with E-state index in [-0.39, 0.29) is 17.6 Å². The average molecular weight is 346 g/mol. The third-order valence-corrected chi connectivity index (χ3v) is 5.51. The molecule has 1 N–H and O–H groups in total. The molecule has 5 nitrogen and oxygen atoms in total. The number of likely N-dealkylation sites (tertiary alicyclic amines) is 1. The lowest BCUT2D eigenvalue weighted by Gasteiger charge is -2.44. The molecule has 1 spiro atoms. The molecule has 0 radical (unpaired) electrons. The fraction of sp³-hybridized carbons (Fsp3) is 0.650. The molecule has 0 unspecified atom stereocenters. The highest BCUT2D eigenvalue weighted by atomic mass is 16.5. The van der Waals surface area contributed by atoms with Crippen LogP contribution in [-0.4, -0.2) is 55.9 Å². The molecular weight excluding hydrogens is 316 g/mol. The molecular formula is C20H30N2O3. The predicted octanol–water partition coefficient (Wildman–Crippen LogP) is 3.02. The zero-order valence-corrected chi connectivity index (χ0v) is 15.6. The van der Waals surface area contributed by atoms with Gasteiger partial charge in [-0.15, -0.1) is 0 Å². The summed E-state index contributed by atoms with van der Waals surface area (Å²) in [6.45, 7) is 7.17. The molecule has 5 heteroatoms. The molecule has 2 fully saturated rings. The maximum absolute atomic E-state index is 12.4. The van der Waals surface area contributed by atoms with Crippen molar-refractivity contribution in [2.45, 2.75) is 50.7 Å². The molecule has 3 rings (SSSR count). The molecule has 1 amide bonds. The van der Waals surface area contributed by atoms with Crippen molar-refractivity contribution in [1.29, 1.82) is 0 Å². The predicted molar refractivity (Wildman–Crippen MR) is 98.9 cm³/mol. The van der Waals surface area contributed by atoms with Crippen molar-refractivity contribution in [2.75, 3.05) is 38.7 Å². The fourth-order valence-electron chi connectivity index (χ4n) is 3.96. The van der Waals surface area contributed by atoms with Gasteiger partial charge in [-0.25, -0.2) is 0 Å². The Morgan fingerprint density at radius 3 is 2.72 bits per heavy atom. The minimum absolute atomic E-state index is 0.0236. The number of anilines is 1. The standard InChI is InChI=1S/C20H30N2O3/c1-15(2)16-5-7-17(8-6-16)21-19(23)14-22-11-10-20(9-4-12-25-20)18(13-22)24-3/h5-8,15,18H,4,9-14H2,1-3H3,(H,21,23)/t18-,20+/m1/s1. The van der Waals surface area contributed by atoms with Gasteiger partial charge in [0.1, 0.15) is 0 Å². The van der Waals surface area contributed by atoms with Crippen LogP contribution < -0.4 is 5.32 Å². The quantitative estimate of drug-likeness (QED) is 0.890. The van der Waals surface area contributed by atoms with Gasteiger partial charge in [-0.3, -0.25) is 9.69 Å². The molecule has 0 aromatic heterocycles. The number of rotatable bonds is 5. The third-order valence-electron chi connectivity index (χ3n) is 5.51. The minimum atomic E-state index is -0.131. The number of hydrogen-bond donors (Lipinski definition) is 1. The molecule has 2 aliphatic heterocycles. The summed E-state index contributed by atoms with van der Waals surface area (Å²) in [6, 6.07) is 8.10. The number of methoxy groups -OCH3 is 1. The van der Waals surface area contributed by atoms with Crippen LogP contribution in [0.25, 0.3) is 0 Å². The van der Waals surface area contributed by atoms with E-state index in [2.05, 4.69) is 36.2 Å². The Balaban J connectivity index is 1.53. The maximum atomic E-state index is 12.4. The second-order valence-electron chi connectivity index (χ2n) is 7.55. The Hall–Kier alpha value is -1.43. The smallest absolute Gasteiger partial charge is 0.238 e. The van der Waals surface area contributed by atoms with Crippen molar-refractivity contribution >= 4 is 11.6 Å². The van der Waals surface area contributed by atoms with Crippen LogP contribution in [0.15, 0.2) is 24.3 Å². The summed E-state index contributed by atoms with van der Waals surface area (Å²) < 4.78 is 11.7. The van der Waals surface area contributed by atoms with Crippen LogP contribution >= 0.6 is 0 Å². The van der Waals surface area contributed by atoms with Crippen LogP contribution in [0.2, 0.25) is 0 Å². The van der Waals surface area contributed by atoms with E-state index in [0.29, 0.717) is 12.5 Å². The number of nitrogens with one attached hydrogen (secondary N) is 1. The van der Waals surface area contributed by atoms with Crippen LogP contribution in [0, 0.1) is 0 Å². The van der Waals surface area contributed by atoms with Gasteiger partial charge in [0.2, 0.25) is 5.91 Å². The Morgan fingerprint density at radius 1 is 1.36 bits per heavy atom. The van der Waals surface area contributed by atoms with Crippen LogP contribution in [0.3, 0.4) is 0 Å². The number of nitrogens with zero attached hydrogens (tertiary/aromatic N) is 1. The Morgan fingerprint density at radius 2 is 2.12 bits per heavy atom. The van der Waals surface area contributed by atoms with Gasteiger partial charge in [0.15, 0.2) is 0 Å². The number of piperidine rings is 1. The number of hydrogen-bond acceptors (Lipinski definition) is 4. The molecule has 1 aromatic carbocycles. The molecule has 25 heavy (non-hydrogen) atoms. The maximum Gasteiger partial charge on any atom is 0.238 e. The van der Waals surface area contributed by atoms with E-state index >= 15 is 0 Å². The van der Waals surface area contributed by atoms with E-state index in [1.807, 2.05) is 12.1 Å². The number of carbonyl (C=O) groups excluding carboxylic acids is 1. The first-order valence-corrected chi connectivity index (χ1v) is 9.31. The molecule has 2 aliphatic rings. The first kappa shape index (κ1) is 18.4. The summed E-state index contributed by atoms with van der Waals surface area (Å²) in [5.74, 6) is 0.518. The first-order valence-electron chi connectivity index (χ1n) is 9.31. The zero-order chi connectivity index (χ0) is 17.9. The monoisotopic (exact) mass is 346 g/mol. The normalized spacial score (nSPS) is 27.1. The molecule has 2 saturated heterocycles. The van der Waals surface area contributed by atoms with Crippen molar-refractivity contribution in [3.8, 4) is 0 Å². The van der Waals surface area contributed by atoms with E-state index in [9.17, 15) is 4.79 Å². The third kappa shape index (κ3) is 4.22.